The molecule has 0 radical (unpaired) electrons. The van der Waals surface area contributed by atoms with Crippen LogP contribution in [0, 0.1) is 48.5 Å². The predicted molar refractivity (Wildman–Crippen MR) is 443 cm³/mol. The number of nitrogens with zero attached hydrogens (tertiary/aromatic N) is 6. The Morgan fingerprint density at radius 1 is 0.425 bits per heavy atom. The summed E-state index contributed by atoms with van der Waals surface area (Å²) in [6, 6.07) is 71.9. The Morgan fingerprint density at radius 2 is 0.858 bits per heavy atom. The average Bonchev–Trinajstić information content (AvgIpc) is 0.680. The van der Waals surface area contributed by atoms with Gasteiger partial charge in [0, 0.05) is 76.1 Å². The van der Waals surface area contributed by atoms with E-state index in [1.165, 1.54) is 82.0 Å². The minimum absolute atomic E-state index is 0.510. The quantitative estimate of drug-likeness (QED) is 0.165. The minimum Gasteiger partial charge on any atom is -0.480 e. The van der Waals surface area contributed by atoms with Gasteiger partial charge in [-0.3, -0.25) is 4.79 Å². The maximum absolute atomic E-state index is 13.0. The van der Waals surface area contributed by atoms with Crippen molar-refractivity contribution in [2.75, 3.05) is 28.1 Å². The Bertz CT molecular complexity index is 4910. The summed E-state index contributed by atoms with van der Waals surface area (Å²) in [6.07, 6.45) is 0.510. The number of hydrogen-bond donors (Lipinski definition) is 1. The van der Waals surface area contributed by atoms with Crippen molar-refractivity contribution in [3.05, 3.63) is 274 Å². The third kappa shape index (κ3) is 13.4. The van der Waals surface area contributed by atoms with Crippen LogP contribution in [0.4, 0.5) is 11.4 Å². The number of ether oxygens (including phenoxy) is 4. The van der Waals surface area contributed by atoms with Gasteiger partial charge in [-0.15, -0.1) is 23.5 Å². The molecule has 0 aromatic heterocycles. The average molecular weight is 1520 g/mol. The molecule has 18 rings (SSSR count). The van der Waals surface area contributed by atoms with Crippen molar-refractivity contribution < 1.29 is 33.0 Å². The van der Waals surface area contributed by atoms with Crippen molar-refractivity contribution >= 4 is 84.7 Å². The summed E-state index contributed by atoms with van der Waals surface area (Å²) < 4.78 is 44.8. The number of aryl methyl sites for hydroxylation is 7. The van der Waals surface area contributed by atoms with Gasteiger partial charge < -0.3 is 38.0 Å². The molecular weight excluding hydrogens is 1420 g/mol. The fourth-order valence-corrected chi connectivity index (χ4v) is 35.1. The summed E-state index contributed by atoms with van der Waals surface area (Å²) in [6.45, 7) is 37.5. The molecule has 10 aromatic rings. The van der Waals surface area contributed by atoms with Gasteiger partial charge in [-0.05, 0) is 173 Å². The molecule has 2 spiro atoms. The smallest absolute Gasteiger partial charge is 0.378 e. The number of fused-ring (bicyclic) bond motifs is 6. The molecule has 0 aliphatic carbocycles. The highest BCUT2D eigenvalue weighted by Gasteiger charge is 2.71. The molecule has 0 saturated carbocycles. The zero-order valence-corrected chi connectivity index (χ0v) is 69.5. The lowest BCUT2D eigenvalue weighted by Crippen LogP contribution is -2.89. The highest BCUT2D eigenvalue weighted by Crippen LogP contribution is 2.54. The second kappa shape index (κ2) is 28.4. The fraction of sp³-hybridized carbons (Fsp3) is 0.299. The van der Waals surface area contributed by atoms with E-state index in [2.05, 4.69) is 305 Å². The third-order valence-corrected chi connectivity index (χ3v) is 39.1. The van der Waals surface area contributed by atoms with Crippen molar-refractivity contribution in [1.82, 2.24) is 18.3 Å². The first-order valence-corrected chi connectivity index (χ1v) is 50.7. The first-order chi connectivity index (χ1) is 50.7. The Hall–Kier alpha value is -8.16. The Kier molecular flexibility index (Phi) is 19.7. The maximum Gasteiger partial charge on any atom is 0.378 e. The molecule has 0 bridgehead atoms. The number of carbonyl (C=O) groups is 1. The number of para-hydroxylation sites is 2. The summed E-state index contributed by atoms with van der Waals surface area (Å²) in [5.74, 6) is 4.80. The van der Waals surface area contributed by atoms with E-state index in [9.17, 15) is 9.90 Å². The summed E-state index contributed by atoms with van der Waals surface area (Å²) in [7, 11) is -9.70. The number of aliphatic carboxylic acids is 1. The molecule has 8 heterocycles. The molecule has 2 fully saturated rings. The molecule has 2 saturated heterocycles. The van der Waals surface area contributed by atoms with Crippen LogP contribution in [0.1, 0.15) is 67.6 Å². The molecule has 2 unspecified atom stereocenters. The van der Waals surface area contributed by atoms with E-state index in [1.54, 1.807) is 0 Å². The highest BCUT2D eigenvalue weighted by molar-refractivity contribution is 7.99. The zero-order chi connectivity index (χ0) is 74.4. The van der Waals surface area contributed by atoms with Crippen LogP contribution in [0.15, 0.2) is 222 Å². The number of hydrogen-bond acceptors (Lipinski definition) is 14. The largest absolute Gasteiger partial charge is 0.480 e. The third-order valence-electron chi connectivity index (χ3n) is 22.1. The van der Waals surface area contributed by atoms with Crippen molar-refractivity contribution in [3.8, 4) is 45.3 Å². The lowest BCUT2D eigenvalue weighted by Gasteiger charge is -2.65. The van der Waals surface area contributed by atoms with Crippen LogP contribution in [0.25, 0.3) is 22.3 Å². The maximum atomic E-state index is 13.0. The number of anilines is 2. The SMILES string of the molecule is Cc1cc(-c2ccccc2)c2c(c1)[Si](C)(C)N1CCC(C(=O)O)N3C1(O2)Oc1c(-c2ccccc2)cc(C)cc1[Si]3(C)C.Cc1cc(C)c2c(c1)CN1C3(O2)Oc2c(C)cc(C)cc2CN3[Si](C)(C)O[Si]1(C)C.Cc1cccc2c1SCN(c1ccccc1)C2.c1ccc(N2CSc3ccccc3C2)cc1. The molecule has 10 aromatic carbocycles. The first kappa shape index (κ1) is 73.4. The summed E-state index contributed by atoms with van der Waals surface area (Å²) in [4.78, 5) is 20.8. The standard InChI is InChI=1S/C35H38N2O4Si2.C23H32N2O3Si2.C15H15NS.C14H13NS/c1-23-19-27(25-13-9-7-10-14-25)32-30(21-23)42(3,4)36-18-17-29(34(38)39)37-35(36,40-32)41-33-28(26-15-11-8-12-16-26)20-24(2)22-31(33)43(37,5)6;1-15-9-17(3)21-19(11-15)13-24-23(26-21)25(30(7,8)28-29(24,5)6)14-20-12-16(2)10-18(4)22(20)27-23;1-12-6-5-7-13-10-16(11-17-15(12)13)14-8-3-2-4-9-14;1-2-7-13(8-3-1)15-10-12-6-4-5-9-14(12)16-11-15/h7-16,19-22,29H,17-18H2,1-6H3,(H,38,39);9-12H,13-14H2,1-8H3;2-9H,10-11H2,1H3;1-9H,10-11H2. The first-order valence-electron chi connectivity index (χ1n) is 37.1. The molecule has 8 aliphatic rings. The van der Waals surface area contributed by atoms with Crippen molar-refractivity contribution in [3.63, 3.8) is 0 Å². The Balaban J connectivity index is 0.000000123. The summed E-state index contributed by atoms with van der Waals surface area (Å²) in [5, 5.41) is 13.0. The van der Waals surface area contributed by atoms with E-state index in [0.29, 0.717) is 13.0 Å². The zero-order valence-electron chi connectivity index (χ0n) is 63.8. The Labute approximate surface area is 639 Å². The van der Waals surface area contributed by atoms with Crippen molar-refractivity contribution in [2.24, 2.45) is 0 Å². The van der Waals surface area contributed by atoms with Gasteiger partial charge in [0.2, 0.25) is 0 Å². The second-order valence-electron chi connectivity index (χ2n) is 31.5. The molecule has 1 N–H and O–H groups in total. The lowest BCUT2D eigenvalue weighted by atomic mass is 10.0. The number of thioether (sulfide) groups is 2. The van der Waals surface area contributed by atoms with Crippen LogP contribution in [0.3, 0.4) is 0 Å². The lowest BCUT2D eigenvalue weighted by molar-refractivity contribution is -0.303. The van der Waals surface area contributed by atoms with E-state index in [1.807, 2.05) is 59.9 Å². The molecule has 13 nitrogen and oxygen atoms in total. The monoisotopic (exact) mass is 1510 g/mol. The predicted octanol–water partition coefficient (Wildman–Crippen LogP) is 18.9. The van der Waals surface area contributed by atoms with Gasteiger partial charge in [-0.2, -0.15) is 0 Å². The van der Waals surface area contributed by atoms with Crippen LogP contribution in [0.2, 0.25) is 52.4 Å². The number of rotatable bonds is 5. The molecule has 2 atom stereocenters. The van der Waals surface area contributed by atoms with Gasteiger partial charge in [0.05, 0.1) is 11.8 Å². The van der Waals surface area contributed by atoms with E-state index in [-0.39, 0.29) is 0 Å². The summed E-state index contributed by atoms with van der Waals surface area (Å²) in [5.41, 5.74) is 20.7. The minimum atomic E-state index is -2.72. The number of carboxylic acid groups (broad SMARTS) is 1. The van der Waals surface area contributed by atoms with Crippen LogP contribution in [-0.2, 0) is 35.1 Å². The van der Waals surface area contributed by atoms with E-state index >= 15 is 0 Å². The topological polar surface area (TPSA) is 103 Å². The van der Waals surface area contributed by atoms with Gasteiger partial charge in [0.15, 0.2) is 16.5 Å². The van der Waals surface area contributed by atoms with Crippen LogP contribution < -0.4 is 39.1 Å². The van der Waals surface area contributed by atoms with Gasteiger partial charge in [0.1, 0.15) is 29.0 Å². The van der Waals surface area contributed by atoms with E-state index < -0.39 is 57.5 Å². The van der Waals surface area contributed by atoms with Crippen molar-refractivity contribution in [1.29, 1.82) is 0 Å². The van der Waals surface area contributed by atoms with Crippen molar-refractivity contribution in [2.45, 2.75) is 161 Å². The molecular formula is C87H98N6O7S2Si4. The number of benzene rings is 10. The van der Waals surface area contributed by atoms with Gasteiger partial charge in [0.25, 0.3) is 17.0 Å². The fourth-order valence-electron chi connectivity index (χ4n) is 17.4. The van der Waals surface area contributed by atoms with Gasteiger partial charge in [-0.1, -0.05) is 218 Å². The Morgan fingerprint density at radius 3 is 1.37 bits per heavy atom. The normalized spacial score (nSPS) is 20.7. The van der Waals surface area contributed by atoms with Gasteiger partial charge >= 0.3 is 18.0 Å². The number of carboxylic acids is 1. The second-order valence-corrected chi connectivity index (χ2v) is 49.5. The van der Waals surface area contributed by atoms with Crippen LogP contribution in [-0.4, -0.2) is 99.2 Å². The molecule has 8 aliphatic heterocycles. The molecule has 546 valence electrons. The van der Waals surface area contributed by atoms with Crippen LogP contribution >= 0.6 is 23.5 Å². The molecule has 106 heavy (non-hydrogen) atoms. The van der Waals surface area contributed by atoms with E-state index in [4.69, 9.17) is 23.1 Å². The summed E-state index contributed by atoms with van der Waals surface area (Å²) >= 11 is 3.86. The highest BCUT2D eigenvalue weighted by atomic mass is 32.2. The van der Waals surface area contributed by atoms with Gasteiger partial charge in [-0.25, -0.2) is 18.3 Å². The molecule has 0 amide bonds. The molecule has 19 heteroatoms. The van der Waals surface area contributed by atoms with E-state index in [0.717, 1.165) is 93.9 Å². The van der Waals surface area contributed by atoms with Crippen LogP contribution in [0.5, 0.6) is 23.0 Å².